The van der Waals surface area contributed by atoms with Crippen molar-refractivity contribution < 1.29 is 14.3 Å². The van der Waals surface area contributed by atoms with Gasteiger partial charge in [-0.2, -0.15) is 0 Å². The van der Waals surface area contributed by atoms with Crippen molar-refractivity contribution >= 4 is 17.5 Å². The number of rotatable bonds is 9. The van der Waals surface area contributed by atoms with Crippen molar-refractivity contribution in [3.8, 4) is 5.75 Å². The molecule has 2 N–H and O–H groups in total. The van der Waals surface area contributed by atoms with Crippen molar-refractivity contribution in [1.82, 2.24) is 20.5 Å². The molecule has 0 aliphatic carbocycles. The number of piperazine rings is 1. The average molecular weight is 488 g/mol. The fourth-order valence-corrected chi connectivity index (χ4v) is 4.43. The van der Waals surface area contributed by atoms with Crippen molar-refractivity contribution in [2.45, 2.75) is 12.5 Å². The van der Waals surface area contributed by atoms with Crippen molar-refractivity contribution in [2.24, 2.45) is 0 Å². The molecule has 3 aromatic rings. The Kier molecular flexibility index (Phi) is 8.88. The molecule has 0 spiro atoms. The van der Waals surface area contributed by atoms with Crippen LogP contribution in [0, 0.1) is 0 Å². The zero-order valence-corrected chi connectivity index (χ0v) is 20.6. The molecule has 2 heterocycles. The van der Waals surface area contributed by atoms with Gasteiger partial charge in [0, 0.05) is 57.3 Å². The smallest absolute Gasteiger partial charge is 0.309 e. The van der Waals surface area contributed by atoms with Gasteiger partial charge in [0.05, 0.1) is 13.2 Å². The summed E-state index contributed by atoms with van der Waals surface area (Å²) in [5, 5.41) is 5.55. The van der Waals surface area contributed by atoms with E-state index in [4.69, 9.17) is 4.74 Å². The van der Waals surface area contributed by atoms with Crippen molar-refractivity contribution in [3.63, 3.8) is 0 Å². The SMILES string of the molecule is COc1ccc(N2CCN([C@H](CNC(=O)C(=O)NCCc3ccccc3)c3cccnc3)CC2)cc1. The van der Waals surface area contributed by atoms with Crippen LogP contribution in [0.25, 0.3) is 0 Å². The number of hydrogen-bond acceptors (Lipinski definition) is 6. The Balaban J connectivity index is 1.31. The molecule has 1 aromatic heterocycles. The third-order valence-corrected chi connectivity index (χ3v) is 6.47. The molecule has 1 aliphatic rings. The molecular weight excluding hydrogens is 454 g/mol. The molecular formula is C28H33N5O3. The van der Waals surface area contributed by atoms with Crippen LogP contribution in [0.4, 0.5) is 5.69 Å². The Labute approximate surface area is 212 Å². The minimum Gasteiger partial charge on any atom is -0.497 e. The molecule has 1 atom stereocenters. The third-order valence-electron chi connectivity index (χ3n) is 6.47. The lowest BCUT2D eigenvalue weighted by atomic mass is 10.1. The number of ether oxygens (including phenoxy) is 1. The molecule has 0 unspecified atom stereocenters. The fourth-order valence-electron chi connectivity index (χ4n) is 4.43. The van der Waals surface area contributed by atoms with Crippen LogP contribution >= 0.6 is 0 Å². The predicted molar refractivity (Wildman–Crippen MR) is 140 cm³/mol. The van der Waals surface area contributed by atoms with Gasteiger partial charge in [-0.25, -0.2) is 0 Å². The number of methoxy groups -OCH3 is 1. The summed E-state index contributed by atoms with van der Waals surface area (Å²) in [7, 11) is 1.67. The highest BCUT2D eigenvalue weighted by molar-refractivity contribution is 6.35. The molecule has 0 bridgehead atoms. The van der Waals surface area contributed by atoms with Gasteiger partial charge in [-0.1, -0.05) is 36.4 Å². The zero-order chi connectivity index (χ0) is 25.2. The van der Waals surface area contributed by atoms with Gasteiger partial charge in [0.2, 0.25) is 0 Å². The number of benzene rings is 2. The van der Waals surface area contributed by atoms with Crippen LogP contribution in [-0.4, -0.2) is 68.1 Å². The van der Waals surface area contributed by atoms with E-state index in [2.05, 4.69) is 37.6 Å². The Morgan fingerprint density at radius 2 is 1.64 bits per heavy atom. The second kappa shape index (κ2) is 12.7. The summed E-state index contributed by atoms with van der Waals surface area (Å²) in [6, 6.07) is 21.8. The fraction of sp³-hybridized carbons (Fsp3) is 0.321. The lowest BCUT2D eigenvalue weighted by Crippen LogP contribution is -2.51. The van der Waals surface area contributed by atoms with Crippen LogP contribution in [0.5, 0.6) is 5.75 Å². The topological polar surface area (TPSA) is 86.8 Å². The molecule has 36 heavy (non-hydrogen) atoms. The first-order chi connectivity index (χ1) is 17.6. The monoisotopic (exact) mass is 487 g/mol. The van der Waals surface area contributed by atoms with Crippen LogP contribution < -0.4 is 20.3 Å². The number of carbonyl (C=O) groups is 2. The maximum Gasteiger partial charge on any atom is 0.309 e. The Bertz CT molecular complexity index is 1100. The van der Waals surface area contributed by atoms with Gasteiger partial charge in [-0.05, 0) is 47.9 Å². The van der Waals surface area contributed by atoms with E-state index >= 15 is 0 Å². The summed E-state index contributed by atoms with van der Waals surface area (Å²) >= 11 is 0. The number of carbonyl (C=O) groups excluding carboxylic acids is 2. The maximum absolute atomic E-state index is 12.5. The van der Waals surface area contributed by atoms with Gasteiger partial charge < -0.3 is 20.3 Å². The summed E-state index contributed by atoms with van der Waals surface area (Å²) in [5.41, 5.74) is 3.29. The summed E-state index contributed by atoms with van der Waals surface area (Å²) in [5.74, 6) is -0.386. The van der Waals surface area contributed by atoms with Gasteiger partial charge >= 0.3 is 11.8 Å². The quantitative estimate of drug-likeness (QED) is 0.451. The number of nitrogens with one attached hydrogen (secondary N) is 2. The van der Waals surface area contributed by atoms with Crippen LogP contribution in [-0.2, 0) is 16.0 Å². The molecule has 0 saturated carbocycles. The van der Waals surface area contributed by atoms with Crippen LogP contribution in [0.1, 0.15) is 17.2 Å². The lowest BCUT2D eigenvalue weighted by molar-refractivity contribution is -0.139. The average Bonchev–Trinajstić information content (AvgIpc) is 2.94. The van der Waals surface area contributed by atoms with E-state index in [0.717, 1.165) is 48.7 Å². The number of pyridine rings is 1. The minimum atomic E-state index is -0.617. The van der Waals surface area contributed by atoms with Crippen molar-refractivity contribution in [1.29, 1.82) is 0 Å². The van der Waals surface area contributed by atoms with Gasteiger partial charge in [-0.3, -0.25) is 19.5 Å². The number of amides is 2. The first kappa shape index (κ1) is 25.2. The molecule has 0 radical (unpaired) electrons. The molecule has 1 aliphatic heterocycles. The molecule has 1 saturated heterocycles. The summed E-state index contributed by atoms with van der Waals surface area (Å²) in [6.07, 6.45) is 4.24. The van der Waals surface area contributed by atoms with E-state index in [0.29, 0.717) is 19.5 Å². The maximum atomic E-state index is 12.5. The minimum absolute atomic E-state index is 0.0715. The van der Waals surface area contributed by atoms with Crippen LogP contribution in [0.2, 0.25) is 0 Å². The van der Waals surface area contributed by atoms with Gasteiger partial charge in [0.15, 0.2) is 0 Å². The third kappa shape index (κ3) is 6.82. The highest BCUT2D eigenvalue weighted by atomic mass is 16.5. The van der Waals surface area contributed by atoms with Crippen molar-refractivity contribution in [2.75, 3.05) is 51.3 Å². The van der Waals surface area contributed by atoms with E-state index in [1.165, 1.54) is 0 Å². The van der Waals surface area contributed by atoms with Gasteiger partial charge in [0.1, 0.15) is 5.75 Å². The second-order valence-electron chi connectivity index (χ2n) is 8.72. The van der Waals surface area contributed by atoms with Crippen LogP contribution in [0.3, 0.4) is 0 Å². The number of nitrogens with zero attached hydrogens (tertiary/aromatic N) is 3. The number of anilines is 1. The van der Waals surface area contributed by atoms with Crippen molar-refractivity contribution in [3.05, 3.63) is 90.3 Å². The van der Waals surface area contributed by atoms with E-state index in [1.54, 1.807) is 13.3 Å². The van der Waals surface area contributed by atoms with Gasteiger partial charge in [0.25, 0.3) is 0 Å². The number of aromatic nitrogens is 1. The Morgan fingerprint density at radius 3 is 2.31 bits per heavy atom. The predicted octanol–water partition coefficient (Wildman–Crippen LogP) is 2.43. The largest absolute Gasteiger partial charge is 0.497 e. The van der Waals surface area contributed by atoms with E-state index in [9.17, 15) is 9.59 Å². The number of hydrogen-bond donors (Lipinski definition) is 2. The molecule has 188 valence electrons. The first-order valence-electron chi connectivity index (χ1n) is 12.3. The highest BCUT2D eigenvalue weighted by Gasteiger charge is 2.26. The highest BCUT2D eigenvalue weighted by Crippen LogP contribution is 2.25. The Hall–Kier alpha value is -3.91. The standard InChI is InChI=1S/C28H33N5O3/c1-36-25-11-9-24(10-12-25)32-16-18-33(19-17-32)26(23-8-5-14-29-20-23)21-31-28(35)27(34)30-15-13-22-6-3-2-4-7-22/h2-12,14,20,26H,13,15-19,21H2,1H3,(H,30,34)(H,31,35)/t26-/m1/s1. The molecule has 2 aromatic carbocycles. The van der Waals surface area contributed by atoms with Crippen LogP contribution in [0.15, 0.2) is 79.1 Å². The summed E-state index contributed by atoms with van der Waals surface area (Å²) < 4.78 is 5.26. The first-order valence-corrected chi connectivity index (χ1v) is 12.3. The van der Waals surface area contributed by atoms with E-state index in [-0.39, 0.29) is 6.04 Å². The normalized spacial score (nSPS) is 14.6. The molecule has 1 fully saturated rings. The lowest BCUT2D eigenvalue weighted by Gasteiger charge is -2.40. The van der Waals surface area contributed by atoms with E-state index < -0.39 is 11.8 Å². The molecule has 2 amide bonds. The van der Waals surface area contributed by atoms with Gasteiger partial charge in [-0.15, -0.1) is 0 Å². The Morgan fingerprint density at radius 1 is 0.917 bits per heavy atom. The molecule has 8 heteroatoms. The molecule has 4 rings (SSSR count). The second-order valence-corrected chi connectivity index (χ2v) is 8.72. The molecule has 8 nitrogen and oxygen atoms in total. The van der Waals surface area contributed by atoms with E-state index in [1.807, 2.05) is 60.8 Å². The summed E-state index contributed by atoms with van der Waals surface area (Å²) in [4.78, 5) is 33.8. The zero-order valence-electron chi connectivity index (χ0n) is 20.6. The summed E-state index contributed by atoms with van der Waals surface area (Å²) in [6.45, 7) is 4.11.